The molecule has 1 aromatic heterocycles. The van der Waals surface area contributed by atoms with Crippen molar-refractivity contribution < 1.29 is 9.53 Å². The van der Waals surface area contributed by atoms with E-state index >= 15 is 0 Å². The smallest absolute Gasteiger partial charge is 0.277 e. The molecule has 1 N–H and O–H groups in total. The molecule has 0 saturated carbocycles. The fourth-order valence-corrected chi connectivity index (χ4v) is 2.82. The van der Waals surface area contributed by atoms with Crippen molar-refractivity contribution in [1.29, 1.82) is 0 Å². The van der Waals surface area contributed by atoms with Gasteiger partial charge in [-0.3, -0.25) is 14.5 Å². The maximum Gasteiger partial charge on any atom is 0.277 e. The Morgan fingerprint density at radius 3 is 2.84 bits per heavy atom. The molecule has 0 bridgehead atoms. The SMILES string of the molecule is O=C(CCn1nnc2ccccc2c1=O)NCCCN1CCOCC1. The van der Waals surface area contributed by atoms with E-state index in [-0.39, 0.29) is 24.4 Å². The number of aryl methyl sites for hydroxylation is 1. The van der Waals surface area contributed by atoms with Crippen molar-refractivity contribution in [2.75, 3.05) is 39.4 Å². The fraction of sp³-hybridized carbons (Fsp3) is 0.529. The Hall–Kier alpha value is -2.32. The molecule has 1 saturated heterocycles. The highest BCUT2D eigenvalue weighted by Crippen LogP contribution is 2.03. The largest absolute Gasteiger partial charge is 0.379 e. The molecular weight excluding hydrogens is 322 g/mol. The van der Waals surface area contributed by atoms with Gasteiger partial charge in [-0.25, -0.2) is 4.68 Å². The monoisotopic (exact) mass is 345 g/mol. The summed E-state index contributed by atoms with van der Waals surface area (Å²) in [5, 5.41) is 11.3. The summed E-state index contributed by atoms with van der Waals surface area (Å²) in [5.41, 5.74) is 0.349. The number of hydrogen-bond donors (Lipinski definition) is 1. The summed E-state index contributed by atoms with van der Waals surface area (Å²) in [6, 6.07) is 7.06. The molecular formula is C17H23N5O3. The number of aromatic nitrogens is 3. The molecule has 0 atom stereocenters. The lowest BCUT2D eigenvalue weighted by molar-refractivity contribution is -0.121. The van der Waals surface area contributed by atoms with E-state index in [1.54, 1.807) is 18.2 Å². The molecule has 1 aliphatic heterocycles. The number of benzene rings is 1. The van der Waals surface area contributed by atoms with Crippen molar-refractivity contribution in [1.82, 2.24) is 25.2 Å². The van der Waals surface area contributed by atoms with Gasteiger partial charge >= 0.3 is 0 Å². The quantitative estimate of drug-likeness (QED) is 0.712. The lowest BCUT2D eigenvalue weighted by Gasteiger charge is -2.26. The summed E-state index contributed by atoms with van der Waals surface area (Å²) in [6.07, 6.45) is 1.12. The van der Waals surface area contributed by atoms with Crippen LogP contribution < -0.4 is 10.9 Å². The molecule has 1 fully saturated rings. The van der Waals surface area contributed by atoms with Crippen LogP contribution >= 0.6 is 0 Å². The van der Waals surface area contributed by atoms with Crippen LogP contribution in [0.4, 0.5) is 0 Å². The average molecular weight is 345 g/mol. The lowest BCUT2D eigenvalue weighted by atomic mass is 10.2. The van der Waals surface area contributed by atoms with E-state index in [2.05, 4.69) is 20.5 Å². The van der Waals surface area contributed by atoms with E-state index in [0.717, 1.165) is 39.3 Å². The van der Waals surface area contributed by atoms with Gasteiger partial charge in [0.2, 0.25) is 5.91 Å². The van der Waals surface area contributed by atoms with Crippen molar-refractivity contribution in [2.24, 2.45) is 0 Å². The molecule has 2 aromatic rings. The maximum atomic E-state index is 12.3. The third-order valence-electron chi connectivity index (χ3n) is 4.26. The van der Waals surface area contributed by atoms with Gasteiger partial charge in [-0.15, -0.1) is 5.10 Å². The predicted molar refractivity (Wildman–Crippen MR) is 93.3 cm³/mol. The second-order valence-electron chi connectivity index (χ2n) is 6.04. The number of carbonyl (C=O) groups is 1. The van der Waals surface area contributed by atoms with Crippen LogP contribution in [0.25, 0.3) is 10.9 Å². The molecule has 0 spiro atoms. The Morgan fingerprint density at radius 1 is 1.20 bits per heavy atom. The van der Waals surface area contributed by atoms with Crippen molar-refractivity contribution in [3.63, 3.8) is 0 Å². The van der Waals surface area contributed by atoms with Gasteiger partial charge in [0.1, 0.15) is 5.52 Å². The van der Waals surface area contributed by atoms with Crippen LogP contribution in [0.1, 0.15) is 12.8 Å². The first-order chi connectivity index (χ1) is 12.2. The van der Waals surface area contributed by atoms with Gasteiger partial charge in [0.05, 0.1) is 25.1 Å². The van der Waals surface area contributed by atoms with Crippen LogP contribution in [-0.4, -0.2) is 65.2 Å². The maximum absolute atomic E-state index is 12.3. The van der Waals surface area contributed by atoms with Gasteiger partial charge in [0, 0.05) is 26.1 Å². The molecule has 8 nitrogen and oxygen atoms in total. The van der Waals surface area contributed by atoms with Crippen LogP contribution in [0.15, 0.2) is 29.1 Å². The minimum Gasteiger partial charge on any atom is -0.379 e. The summed E-state index contributed by atoms with van der Waals surface area (Å²) in [4.78, 5) is 26.6. The number of nitrogens with zero attached hydrogens (tertiary/aromatic N) is 4. The highest BCUT2D eigenvalue weighted by molar-refractivity contribution is 5.77. The third kappa shape index (κ3) is 4.83. The van der Waals surface area contributed by atoms with Crippen molar-refractivity contribution >= 4 is 16.8 Å². The van der Waals surface area contributed by atoms with Gasteiger partial charge in [-0.2, -0.15) is 0 Å². The van der Waals surface area contributed by atoms with E-state index in [1.807, 2.05) is 6.07 Å². The molecule has 0 aliphatic carbocycles. The standard InChI is InChI=1S/C17H23N5O3/c23-16(18-7-3-8-21-10-12-25-13-11-21)6-9-22-17(24)14-4-1-2-5-15(14)19-20-22/h1-2,4-5H,3,6-13H2,(H,18,23). The second kappa shape index (κ2) is 8.68. The molecule has 3 rings (SSSR count). The topological polar surface area (TPSA) is 89.3 Å². The van der Waals surface area contributed by atoms with Gasteiger partial charge in [0.25, 0.3) is 5.56 Å². The molecule has 1 amide bonds. The molecule has 1 aliphatic rings. The molecule has 8 heteroatoms. The first kappa shape index (κ1) is 17.5. The Bertz CT molecular complexity index is 770. The van der Waals surface area contributed by atoms with Gasteiger partial charge in [0.15, 0.2) is 0 Å². The number of ether oxygens (including phenoxy) is 1. The highest BCUT2D eigenvalue weighted by Gasteiger charge is 2.10. The Morgan fingerprint density at radius 2 is 2.00 bits per heavy atom. The van der Waals surface area contributed by atoms with Crippen LogP contribution in [0.5, 0.6) is 0 Å². The number of hydrogen-bond acceptors (Lipinski definition) is 6. The summed E-state index contributed by atoms with van der Waals surface area (Å²) in [6.45, 7) is 5.30. The first-order valence-corrected chi connectivity index (χ1v) is 8.63. The fourth-order valence-electron chi connectivity index (χ4n) is 2.82. The minimum absolute atomic E-state index is 0.0798. The summed E-state index contributed by atoms with van der Waals surface area (Å²) >= 11 is 0. The molecule has 2 heterocycles. The first-order valence-electron chi connectivity index (χ1n) is 8.63. The zero-order valence-electron chi connectivity index (χ0n) is 14.2. The molecule has 134 valence electrons. The van der Waals surface area contributed by atoms with Gasteiger partial charge < -0.3 is 10.1 Å². The van der Waals surface area contributed by atoms with Gasteiger partial charge in [-0.05, 0) is 25.1 Å². The Kier molecular flexibility index (Phi) is 6.08. The zero-order chi connectivity index (χ0) is 17.5. The molecule has 0 radical (unpaired) electrons. The van der Waals surface area contributed by atoms with E-state index in [4.69, 9.17) is 4.74 Å². The second-order valence-corrected chi connectivity index (χ2v) is 6.04. The lowest BCUT2D eigenvalue weighted by Crippen LogP contribution is -2.38. The van der Waals surface area contributed by atoms with Crippen LogP contribution in [0, 0.1) is 0 Å². The molecule has 1 aromatic carbocycles. The van der Waals surface area contributed by atoms with E-state index in [9.17, 15) is 9.59 Å². The van der Waals surface area contributed by atoms with Crippen molar-refractivity contribution in [3.8, 4) is 0 Å². The highest BCUT2D eigenvalue weighted by atomic mass is 16.5. The number of rotatable bonds is 7. The minimum atomic E-state index is -0.217. The third-order valence-corrected chi connectivity index (χ3v) is 4.26. The number of morpholine rings is 1. The summed E-state index contributed by atoms with van der Waals surface area (Å²) in [7, 11) is 0. The average Bonchev–Trinajstić information content (AvgIpc) is 2.66. The zero-order valence-corrected chi connectivity index (χ0v) is 14.2. The van der Waals surface area contributed by atoms with Crippen LogP contribution in [0.3, 0.4) is 0 Å². The number of amides is 1. The number of carbonyl (C=O) groups excluding carboxylic acids is 1. The van der Waals surface area contributed by atoms with Crippen LogP contribution in [-0.2, 0) is 16.1 Å². The Labute approximate surface area is 145 Å². The summed E-state index contributed by atoms with van der Waals surface area (Å²) in [5.74, 6) is -0.0798. The van der Waals surface area contributed by atoms with E-state index in [0.29, 0.717) is 17.4 Å². The van der Waals surface area contributed by atoms with Crippen LogP contribution in [0.2, 0.25) is 0 Å². The predicted octanol–water partition coefficient (Wildman–Crippen LogP) is 0.0201. The number of fused-ring (bicyclic) bond motifs is 1. The number of nitrogens with one attached hydrogen (secondary N) is 1. The van der Waals surface area contributed by atoms with Crippen molar-refractivity contribution in [2.45, 2.75) is 19.4 Å². The normalized spacial score (nSPS) is 15.4. The van der Waals surface area contributed by atoms with Gasteiger partial charge in [-0.1, -0.05) is 17.3 Å². The van der Waals surface area contributed by atoms with E-state index in [1.165, 1.54) is 4.68 Å². The molecule has 0 unspecified atom stereocenters. The van der Waals surface area contributed by atoms with E-state index < -0.39 is 0 Å². The Balaban J connectivity index is 1.41. The summed E-state index contributed by atoms with van der Waals surface area (Å²) < 4.78 is 6.55. The molecule has 25 heavy (non-hydrogen) atoms. The van der Waals surface area contributed by atoms with Crippen molar-refractivity contribution in [3.05, 3.63) is 34.6 Å².